The second-order valence-corrected chi connectivity index (χ2v) is 10.7. The van der Waals surface area contributed by atoms with Crippen molar-refractivity contribution in [2.45, 2.75) is 24.5 Å². The summed E-state index contributed by atoms with van der Waals surface area (Å²) in [5, 5.41) is 21.0. The van der Waals surface area contributed by atoms with E-state index in [0.717, 1.165) is 12.1 Å². The second-order valence-electron chi connectivity index (χ2n) is 6.66. The second kappa shape index (κ2) is 9.91. The Kier molecular flexibility index (Phi) is 7.78. The summed E-state index contributed by atoms with van der Waals surface area (Å²) >= 11 is 0. The van der Waals surface area contributed by atoms with Gasteiger partial charge in [0.2, 0.25) is 15.9 Å². The number of benzene rings is 2. The highest BCUT2D eigenvalue weighted by atomic mass is 32.2. The molecule has 2 rings (SSSR count). The van der Waals surface area contributed by atoms with E-state index in [4.69, 9.17) is 5.26 Å². The Hall–Kier alpha value is -2.94. The Morgan fingerprint density at radius 1 is 1.06 bits per heavy atom. The lowest BCUT2D eigenvalue weighted by Crippen LogP contribution is -2.30. The van der Waals surface area contributed by atoms with Crippen LogP contribution in [0.15, 0.2) is 47.4 Å². The van der Waals surface area contributed by atoms with Crippen LogP contribution in [0.4, 0.5) is 5.69 Å². The molecule has 0 bridgehead atoms. The molecule has 2 aromatic carbocycles. The van der Waals surface area contributed by atoms with Gasteiger partial charge in [0.15, 0.2) is 9.84 Å². The maximum atomic E-state index is 12.6. The highest BCUT2D eigenvalue weighted by molar-refractivity contribution is 7.91. The number of nitrogens with zero attached hydrogens (tertiary/aromatic N) is 2. The Balaban J connectivity index is 2.16. The van der Waals surface area contributed by atoms with Gasteiger partial charge in [0.25, 0.3) is 0 Å². The van der Waals surface area contributed by atoms with Crippen LogP contribution in [0.1, 0.15) is 25.0 Å². The van der Waals surface area contributed by atoms with E-state index in [9.17, 15) is 26.7 Å². The summed E-state index contributed by atoms with van der Waals surface area (Å²) < 4.78 is 51.2. The molecule has 166 valence electrons. The van der Waals surface area contributed by atoms with E-state index in [1.165, 1.54) is 34.6 Å². The zero-order valence-corrected chi connectivity index (χ0v) is 18.7. The largest absolute Gasteiger partial charge is 0.506 e. The minimum atomic E-state index is -3.85. The topological polar surface area (TPSA) is 145 Å². The summed E-state index contributed by atoms with van der Waals surface area (Å²) in [6.45, 7) is 3.86. The smallest absolute Gasteiger partial charge is 0.243 e. The molecule has 0 aromatic heterocycles. The maximum absolute atomic E-state index is 12.6. The third-order valence-electron chi connectivity index (χ3n) is 4.41. The van der Waals surface area contributed by atoms with Crippen LogP contribution < -0.4 is 5.32 Å². The third-order valence-corrected chi connectivity index (χ3v) is 7.93. The fraction of sp³-hybridized carbons (Fsp3) is 0.300. The van der Waals surface area contributed by atoms with Gasteiger partial charge in [-0.05, 0) is 35.9 Å². The molecule has 2 N–H and O–H groups in total. The summed E-state index contributed by atoms with van der Waals surface area (Å²) in [4.78, 5) is 12.1. The van der Waals surface area contributed by atoms with Crippen molar-refractivity contribution in [1.82, 2.24) is 4.31 Å². The Morgan fingerprint density at radius 3 is 2.23 bits per heavy atom. The van der Waals surface area contributed by atoms with Crippen LogP contribution >= 0.6 is 0 Å². The van der Waals surface area contributed by atoms with E-state index in [-0.39, 0.29) is 23.7 Å². The minimum Gasteiger partial charge on any atom is -0.506 e. The molecule has 0 saturated heterocycles. The van der Waals surface area contributed by atoms with Crippen LogP contribution in [0.25, 0.3) is 0 Å². The van der Waals surface area contributed by atoms with Gasteiger partial charge in [-0.2, -0.15) is 9.57 Å². The number of carbonyl (C=O) groups excluding carboxylic acids is 1. The molecule has 0 spiro atoms. The van der Waals surface area contributed by atoms with Crippen LogP contribution in [0.2, 0.25) is 0 Å². The first-order valence-electron chi connectivity index (χ1n) is 9.35. The van der Waals surface area contributed by atoms with Crippen molar-refractivity contribution in [3.05, 3.63) is 53.6 Å². The number of anilines is 1. The molecular weight excluding hydrogens is 442 g/mol. The van der Waals surface area contributed by atoms with E-state index in [1.807, 2.05) is 6.07 Å². The molecule has 0 radical (unpaired) electrons. The van der Waals surface area contributed by atoms with Crippen molar-refractivity contribution in [3.63, 3.8) is 0 Å². The Bertz CT molecular complexity index is 1200. The van der Waals surface area contributed by atoms with Gasteiger partial charge in [-0.25, -0.2) is 16.8 Å². The summed E-state index contributed by atoms with van der Waals surface area (Å²) in [7, 11) is -7.68. The van der Waals surface area contributed by atoms with E-state index >= 15 is 0 Å². The monoisotopic (exact) mass is 465 g/mol. The van der Waals surface area contributed by atoms with Gasteiger partial charge in [-0.15, -0.1) is 0 Å². The molecule has 0 aliphatic rings. The molecule has 0 atom stereocenters. The summed E-state index contributed by atoms with van der Waals surface area (Å²) in [5.41, 5.74) is 0.600. The zero-order chi connectivity index (χ0) is 23.2. The lowest BCUT2D eigenvalue weighted by atomic mass is 10.2. The number of sulfonamides is 1. The van der Waals surface area contributed by atoms with Gasteiger partial charge in [0.05, 0.1) is 28.0 Å². The molecule has 2 aromatic rings. The van der Waals surface area contributed by atoms with Gasteiger partial charge in [-0.3, -0.25) is 4.79 Å². The predicted molar refractivity (Wildman–Crippen MR) is 115 cm³/mol. The first-order chi connectivity index (χ1) is 14.5. The van der Waals surface area contributed by atoms with Crippen LogP contribution in [-0.2, 0) is 30.4 Å². The number of hydrogen-bond donors (Lipinski definition) is 2. The standard InChI is InChI=1S/C20H23N3O6S2/c1-3-23(4-2)31(28,29)17-9-10-19(24)18(11-17)22-20(25)14-30(26,27)13-16-7-5-15(12-21)6-8-16/h5-11,24H,3-4,13-14H2,1-2H3,(H,22,25). The molecular formula is C20H23N3O6S2. The fourth-order valence-electron chi connectivity index (χ4n) is 2.85. The van der Waals surface area contributed by atoms with Crippen molar-refractivity contribution in [1.29, 1.82) is 5.26 Å². The highest BCUT2D eigenvalue weighted by Crippen LogP contribution is 2.28. The van der Waals surface area contributed by atoms with Crippen molar-refractivity contribution in [3.8, 4) is 11.8 Å². The molecule has 0 heterocycles. The van der Waals surface area contributed by atoms with Gasteiger partial charge in [-0.1, -0.05) is 26.0 Å². The van der Waals surface area contributed by atoms with Gasteiger partial charge in [0, 0.05) is 13.1 Å². The minimum absolute atomic E-state index is 0.135. The van der Waals surface area contributed by atoms with E-state index in [1.54, 1.807) is 13.8 Å². The third kappa shape index (κ3) is 6.27. The maximum Gasteiger partial charge on any atom is 0.243 e. The number of carbonyl (C=O) groups is 1. The van der Waals surface area contributed by atoms with Crippen molar-refractivity contribution in [2.75, 3.05) is 24.2 Å². The number of nitrogens with one attached hydrogen (secondary N) is 1. The molecule has 9 nitrogen and oxygen atoms in total. The van der Waals surface area contributed by atoms with Crippen molar-refractivity contribution in [2.24, 2.45) is 0 Å². The van der Waals surface area contributed by atoms with Crippen molar-refractivity contribution < 1.29 is 26.7 Å². The first-order valence-corrected chi connectivity index (χ1v) is 12.6. The SMILES string of the molecule is CCN(CC)S(=O)(=O)c1ccc(O)c(NC(=O)CS(=O)(=O)Cc2ccc(C#N)cc2)c1. The van der Waals surface area contributed by atoms with E-state index in [0.29, 0.717) is 11.1 Å². The molecule has 1 amide bonds. The van der Waals surface area contributed by atoms with Gasteiger partial charge < -0.3 is 10.4 Å². The average molecular weight is 466 g/mol. The fourth-order valence-corrected chi connectivity index (χ4v) is 5.61. The van der Waals surface area contributed by atoms with Crippen LogP contribution in [0, 0.1) is 11.3 Å². The Morgan fingerprint density at radius 2 is 1.68 bits per heavy atom. The molecule has 0 fully saturated rings. The summed E-state index contributed by atoms with van der Waals surface area (Å²) in [6.07, 6.45) is 0. The number of amides is 1. The number of aromatic hydroxyl groups is 1. The first kappa shape index (κ1) is 24.3. The molecule has 0 saturated carbocycles. The molecule has 0 aliphatic heterocycles. The van der Waals surface area contributed by atoms with Crippen LogP contribution in [-0.4, -0.2) is 51.0 Å². The number of nitriles is 1. The number of sulfone groups is 1. The van der Waals surface area contributed by atoms with Crippen LogP contribution in [0.3, 0.4) is 0 Å². The zero-order valence-electron chi connectivity index (χ0n) is 17.1. The molecule has 0 aliphatic carbocycles. The Labute approximate surface area is 181 Å². The normalized spacial score (nSPS) is 11.8. The molecule has 11 heteroatoms. The van der Waals surface area contributed by atoms with Crippen LogP contribution in [0.5, 0.6) is 5.75 Å². The summed E-state index contributed by atoms with van der Waals surface area (Å²) in [6, 6.07) is 11.3. The summed E-state index contributed by atoms with van der Waals surface area (Å²) in [5.74, 6) is -2.58. The average Bonchev–Trinajstić information content (AvgIpc) is 2.70. The van der Waals surface area contributed by atoms with Gasteiger partial charge >= 0.3 is 0 Å². The van der Waals surface area contributed by atoms with Crippen molar-refractivity contribution >= 4 is 31.5 Å². The number of phenolic OH excluding ortho intramolecular Hbond substituents is 1. The lowest BCUT2D eigenvalue weighted by Gasteiger charge is -2.19. The highest BCUT2D eigenvalue weighted by Gasteiger charge is 2.24. The predicted octanol–water partition coefficient (Wildman–Crippen LogP) is 1.85. The van der Waals surface area contributed by atoms with Gasteiger partial charge in [0.1, 0.15) is 11.5 Å². The number of rotatable bonds is 9. The molecule has 0 unspecified atom stereocenters. The number of hydrogen-bond acceptors (Lipinski definition) is 7. The van der Waals surface area contributed by atoms with E-state index in [2.05, 4.69) is 5.32 Å². The molecule has 31 heavy (non-hydrogen) atoms. The number of phenols is 1. The quantitative estimate of drug-likeness (QED) is 0.538. The lowest BCUT2D eigenvalue weighted by molar-refractivity contribution is -0.113. The van der Waals surface area contributed by atoms with E-state index < -0.39 is 43.0 Å².